The summed E-state index contributed by atoms with van der Waals surface area (Å²) >= 11 is 1.68. The van der Waals surface area contributed by atoms with Crippen molar-refractivity contribution in [3.63, 3.8) is 0 Å². The Bertz CT molecular complexity index is 1040. The number of H-pyrrole nitrogens is 1. The van der Waals surface area contributed by atoms with E-state index in [0.717, 1.165) is 51.2 Å². The van der Waals surface area contributed by atoms with Crippen molar-refractivity contribution in [3.05, 3.63) is 59.8 Å². The van der Waals surface area contributed by atoms with Crippen molar-refractivity contribution in [1.29, 1.82) is 0 Å². The minimum atomic E-state index is 0.683. The van der Waals surface area contributed by atoms with E-state index in [0.29, 0.717) is 6.54 Å². The first kappa shape index (κ1) is 18.4. The highest BCUT2D eigenvalue weighted by atomic mass is 32.2. The van der Waals surface area contributed by atoms with Crippen LogP contribution in [0.2, 0.25) is 0 Å². The normalized spacial score (nSPS) is 15.4. The second-order valence-corrected chi connectivity index (χ2v) is 7.30. The van der Waals surface area contributed by atoms with Gasteiger partial charge in [-0.25, -0.2) is 0 Å². The molecule has 1 aliphatic heterocycles. The van der Waals surface area contributed by atoms with Crippen molar-refractivity contribution < 1.29 is 9.47 Å². The van der Waals surface area contributed by atoms with Crippen molar-refractivity contribution in [2.24, 2.45) is 10.1 Å². The summed E-state index contributed by atoms with van der Waals surface area (Å²) in [7, 11) is 3.29. The van der Waals surface area contributed by atoms with Crippen LogP contribution >= 0.6 is 11.8 Å². The number of rotatable bonds is 6. The summed E-state index contributed by atoms with van der Waals surface area (Å²) in [5.74, 6) is 2.27. The van der Waals surface area contributed by atoms with Crippen molar-refractivity contribution in [2.75, 3.05) is 26.5 Å². The number of benzene rings is 2. The number of aromatic amines is 1. The first-order valence-electron chi connectivity index (χ1n) is 9.05. The molecular weight excluding hydrogens is 372 g/mol. The van der Waals surface area contributed by atoms with E-state index >= 15 is 0 Å². The molecule has 0 radical (unpaired) electrons. The van der Waals surface area contributed by atoms with Gasteiger partial charge in [0.2, 0.25) is 0 Å². The van der Waals surface area contributed by atoms with Gasteiger partial charge >= 0.3 is 0 Å². The highest BCUT2D eigenvalue weighted by Gasteiger charge is 2.16. The largest absolute Gasteiger partial charge is 0.493 e. The van der Waals surface area contributed by atoms with E-state index in [1.165, 1.54) is 5.39 Å². The van der Waals surface area contributed by atoms with Crippen LogP contribution in [-0.4, -0.2) is 42.4 Å². The van der Waals surface area contributed by atoms with E-state index in [9.17, 15) is 0 Å². The highest BCUT2D eigenvalue weighted by molar-refractivity contribution is 8.14. The van der Waals surface area contributed by atoms with Crippen molar-refractivity contribution in [1.82, 2.24) is 10.4 Å². The topological polar surface area (TPSA) is 71.0 Å². The molecule has 0 fully saturated rings. The zero-order valence-electron chi connectivity index (χ0n) is 15.9. The number of methoxy groups -OCH3 is 2. The molecule has 4 rings (SSSR count). The molecule has 6 nitrogen and oxygen atoms in total. The molecule has 0 atom stereocenters. The molecule has 28 heavy (non-hydrogen) atoms. The molecule has 0 spiro atoms. The van der Waals surface area contributed by atoms with Gasteiger partial charge < -0.3 is 14.5 Å². The van der Waals surface area contributed by atoms with E-state index in [1.807, 2.05) is 36.5 Å². The smallest absolute Gasteiger partial charge is 0.177 e. The van der Waals surface area contributed by atoms with Crippen LogP contribution in [0.4, 0.5) is 0 Å². The molecule has 3 aromatic rings. The van der Waals surface area contributed by atoms with Crippen LogP contribution in [0.3, 0.4) is 0 Å². The lowest BCUT2D eigenvalue weighted by Crippen LogP contribution is -2.25. The van der Waals surface area contributed by atoms with Crippen LogP contribution in [0.25, 0.3) is 10.9 Å². The number of hydrogen-bond acceptors (Lipinski definition) is 5. The molecule has 1 aliphatic rings. The number of ether oxygens (including phenoxy) is 2. The molecule has 2 aromatic carbocycles. The number of nitrogens with zero attached hydrogens (tertiary/aromatic N) is 2. The first-order chi connectivity index (χ1) is 13.8. The number of hydrazone groups is 1. The molecule has 0 bridgehead atoms. The van der Waals surface area contributed by atoms with Crippen LogP contribution in [0.5, 0.6) is 11.5 Å². The fourth-order valence-corrected chi connectivity index (χ4v) is 3.95. The predicted molar refractivity (Wildman–Crippen MR) is 116 cm³/mol. The summed E-state index contributed by atoms with van der Waals surface area (Å²) in [6.07, 6.45) is 2.84. The van der Waals surface area contributed by atoms with E-state index < -0.39 is 0 Å². The monoisotopic (exact) mass is 394 g/mol. The fourth-order valence-electron chi connectivity index (χ4n) is 3.17. The molecule has 0 saturated heterocycles. The third-order valence-electron chi connectivity index (χ3n) is 4.64. The average Bonchev–Trinajstić information content (AvgIpc) is 3.18. The third-order valence-corrected chi connectivity index (χ3v) is 5.55. The Kier molecular flexibility index (Phi) is 5.53. The molecule has 1 aromatic heterocycles. The molecular formula is C21H22N4O2S. The van der Waals surface area contributed by atoms with Gasteiger partial charge in [-0.2, -0.15) is 5.10 Å². The Hall–Kier alpha value is -2.93. The van der Waals surface area contributed by atoms with Crippen molar-refractivity contribution in [3.8, 4) is 11.5 Å². The summed E-state index contributed by atoms with van der Waals surface area (Å²) in [6.45, 7) is 0.683. The number of para-hydroxylation sites is 1. The molecule has 0 aliphatic carbocycles. The van der Waals surface area contributed by atoms with Gasteiger partial charge in [-0.05, 0) is 30.2 Å². The Morgan fingerprint density at radius 2 is 1.96 bits per heavy atom. The standard InChI is InChI=1S/C21H22N4O2S/c1-26-19-8-7-14(11-20(19)27-2)9-10-22-21-25-24-18(13-28-21)16-12-23-17-6-4-3-5-15(16)17/h3-8,11-12,23H,9-10,13H2,1-2H3,(H,22,25). The highest BCUT2D eigenvalue weighted by Crippen LogP contribution is 2.27. The number of aromatic nitrogens is 1. The maximum absolute atomic E-state index is 5.35. The quantitative estimate of drug-likeness (QED) is 0.667. The minimum absolute atomic E-state index is 0.683. The van der Waals surface area contributed by atoms with Crippen LogP contribution in [-0.2, 0) is 6.42 Å². The molecule has 0 saturated carbocycles. The lowest BCUT2D eigenvalue weighted by atomic mass is 10.1. The van der Waals surface area contributed by atoms with Gasteiger partial charge in [0, 0.05) is 35.0 Å². The Balaban J connectivity index is 1.39. The second-order valence-electron chi connectivity index (χ2n) is 6.33. The van der Waals surface area contributed by atoms with Gasteiger partial charge in [0.15, 0.2) is 16.7 Å². The van der Waals surface area contributed by atoms with Crippen molar-refractivity contribution >= 4 is 33.5 Å². The zero-order chi connectivity index (χ0) is 19.3. The van der Waals surface area contributed by atoms with Crippen LogP contribution in [0, 0.1) is 0 Å². The predicted octanol–water partition coefficient (Wildman–Crippen LogP) is 3.82. The molecule has 2 N–H and O–H groups in total. The first-order valence-corrected chi connectivity index (χ1v) is 10.0. The summed E-state index contributed by atoms with van der Waals surface area (Å²) < 4.78 is 10.6. The Morgan fingerprint density at radius 1 is 1.11 bits per heavy atom. The average molecular weight is 395 g/mol. The fraction of sp³-hybridized carbons (Fsp3) is 0.238. The Morgan fingerprint density at radius 3 is 2.75 bits per heavy atom. The lowest BCUT2D eigenvalue weighted by molar-refractivity contribution is 0.354. The number of nitrogens with one attached hydrogen (secondary N) is 2. The molecule has 144 valence electrons. The van der Waals surface area contributed by atoms with Gasteiger partial charge in [-0.3, -0.25) is 10.4 Å². The summed E-state index contributed by atoms with van der Waals surface area (Å²) in [4.78, 5) is 7.94. The maximum Gasteiger partial charge on any atom is 0.177 e. The van der Waals surface area contributed by atoms with Gasteiger partial charge in [0.25, 0.3) is 0 Å². The van der Waals surface area contributed by atoms with Gasteiger partial charge in [-0.15, -0.1) is 0 Å². The maximum atomic E-state index is 5.35. The molecule has 7 heteroatoms. The van der Waals surface area contributed by atoms with Crippen LogP contribution < -0.4 is 14.9 Å². The Labute approximate surface area is 168 Å². The van der Waals surface area contributed by atoms with E-state index in [4.69, 9.17) is 9.47 Å². The third kappa shape index (κ3) is 3.84. The number of amidine groups is 1. The minimum Gasteiger partial charge on any atom is -0.493 e. The number of thioether (sulfide) groups is 1. The SMILES string of the molecule is COc1ccc(CCN=C2NN=C(c3c[nH]c4ccccc34)CS2)cc1OC. The van der Waals surface area contributed by atoms with Gasteiger partial charge in [0.1, 0.15) is 0 Å². The van der Waals surface area contributed by atoms with Gasteiger partial charge in [-0.1, -0.05) is 36.0 Å². The van der Waals surface area contributed by atoms with E-state index in [2.05, 4.69) is 32.6 Å². The van der Waals surface area contributed by atoms with E-state index in [-0.39, 0.29) is 0 Å². The summed E-state index contributed by atoms with van der Waals surface area (Å²) in [5.41, 5.74) is 7.54. The number of hydrogen-bond donors (Lipinski definition) is 2. The van der Waals surface area contributed by atoms with Crippen molar-refractivity contribution in [2.45, 2.75) is 6.42 Å². The number of aliphatic imine (C=N–C) groups is 1. The molecule has 0 unspecified atom stereocenters. The lowest BCUT2D eigenvalue weighted by Gasteiger charge is -2.14. The summed E-state index contributed by atoms with van der Waals surface area (Å²) in [6, 6.07) is 14.2. The zero-order valence-corrected chi connectivity index (χ0v) is 16.7. The molecule has 0 amide bonds. The van der Waals surface area contributed by atoms with Crippen LogP contribution in [0.1, 0.15) is 11.1 Å². The number of fused-ring (bicyclic) bond motifs is 1. The second kappa shape index (κ2) is 8.39. The summed E-state index contributed by atoms with van der Waals surface area (Å²) in [5, 5.41) is 6.58. The van der Waals surface area contributed by atoms with E-state index in [1.54, 1.807) is 26.0 Å². The van der Waals surface area contributed by atoms with Crippen LogP contribution in [0.15, 0.2) is 58.8 Å². The molecule has 2 heterocycles. The van der Waals surface area contributed by atoms with Gasteiger partial charge in [0.05, 0.1) is 19.9 Å².